The van der Waals surface area contributed by atoms with Crippen LogP contribution in [0.1, 0.15) is 361 Å². The van der Waals surface area contributed by atoms with Crippen molar-refractivity contribution in [2.24, 2.45) is 0 Å². The fourth-order valence-corrected chi connectivity index (χ4v) is 10.3. The number of aliphatic hydroxyl groups excluding tert-OH is 2. The topological polar surface area (TPSA) is 95.9 Å². The quantitative estimate of drug-likeness (QED) is 0.0320. The van der Waals surface area contributed by atoms with Crippen LogP contribution >= 0.6 is 0 Å². The molecule has 0 aromatic rings. The lowest BCUT2D eigenvalue weighted by Crippen LogP contribution is -2.45. The van der Waals surface area contributed by atoms with Gasteiger partial charge in [0.2, 0.25) is 5.91 Å². The van der Waals surface area contributed by atoms with Crippen LogP contribution in [0.4, 0.5) is 0 Å². The minimum Gasteiger partial charge on any atom is -0.465 e. The van der Waals surface area contributed by atoms with E-state index in [0.29, 0.717) is 25.9 Å². The maximum Gasteiger partial charge on any atom is 0.305 e. The van der Waals surface area contributed by atoms with Crippen LogP contribution in [0.5, 0.6) is 0 Å². The molecule has 0 radical (unpaired) electrons. The van der Waals surface area contributed by atoms with Crippen molar-refractivity contribution in [1.29, 1.82) is 0 Å². The molecule has 6 nitrogen and oxygen atoms in total. The van der Waals surface area contributed by atoms with Gasteiger partial charge in [-0.2, -0.15) is 0 Å². The van der Waals surface area contributed by atoms with Crippen molar-refractivity contribution in [3.8, 4) is 0 Å². The van der Waals surface area contributed by atoms with E-state index >= 15 is 0 Å². The van der Waals surface area contributed by atoms with Gasteiger partial charge in [-0.25, -0.2) is 0 Å². The average molecular weight is 1010 g/mol. The van der Waals surface area contributed by atoms with Crippen LogP contribution in [0.2, 0.25) is 0 Å². The van der Waals surface area contributed by atoms with E-state index in [0.717, 1.165) is 51.4 Å². The molecule has 0 aliphatic rings. The van der Waals surface area contributed by atoms with Crippen molar-refractivity contribution < 1.29 is 24.5 Å². The van der Waals surface area contributed by atoms with Gasteiger partial charge in [-0.15, -0.1) is 0 Å². The predicted octanol–water partition coefficient (Wildman–Crippen LogP) is 20.6. The number of aliphatic hydroxyl groups is 2. The molecule has 0 aliphatic heterocycles. The number of unbranched alkanes of at least 4 members (excludes halogenated alkanes) is 46. The zero-order valence-corrected chi connectivity index (χ0v) is 48.7. The molecule has 0 saturated heterocycles. The first-order chi connectivity index (χ1) is 35.5. The number of nitrogens with one attached hydrogen (secondary N) is 1. The lowest BCUT2D eigenvalue weighted by Gasteiger charge is -2.22. The van der Waals surface area contributed by atoms with Crippen molar-refractivity contribution in [3.63, 3.8) is 0 Å². The standard InChI is InChI=1S/C66H127NO5/c1-3-5-7-9-11-13-15-17-19-21-28-32-36-40-44-48-52-56-60-66(71)72-61-57-53-49-45-41-37-33-29-26-24-22-23-25-27-31-35-39-43-47-51-55-59-65(70)67-63(62-68)64(69)58-54-50-46-42-38-34-30-20-18-16-14-12-10-8-6-4-2/h37,41,49,53,63-64,68-69H,3-36,38-40,42-48,50-52,54-62H2,1-2H3,(H,67,70)/b41-37-,53-49-. The summed E-state index contributed by atoms with van der Waals surface area (Å²) in [4.78, 5) is 24.6. The van der Waals surface area contributed by atoms with Gasteiger partial charge in [0.05, 0.1) is 25.4 Å². The Bertz CT molecular complexity index is 1120. The average Bonchev–Trinajstić information content (AvgIpc) is 3.38. The third-order valence-electron chi connectivity index (χ3n) is 15.3. The molecule has 0 spiro atoms. The molecule has 6 heteroatoms. The largest absolute Gasteiger partial charge is 0.465 e. The fraction of sp³-hybridized carbons (Fsp3) is 0.909. The van der Waals surface area contributed by atoms with Crippen molar-refractivity contribution in [1.82, 2.24) is 5.32 Å². The van der Waals surface area contributed by atoms with Gasteiger partial charge in [-0.1, -0.05) is 327 Å². The number of amides is 1. The molecule has 0 fully saturated rings. The number of ether oxygens (including phenoxy) is 1. The van der Waals surface area contributed by atoms with Gasteiger partial charge in [0.1, 0.15) is 0 Å². The van der Waals surface area contributed by atoms with Crippen molar-refractivity contribution in [2.75, 3.05) is 13.2 Å². The zero-order chi connectivity index (χ0) is 52.2. The molecule has 0 heterocycles. The first kappa shape index (κ1) is 70.3. The van der Waals surface area contributed by atoms with Crippen LogP contribution in [0, 0.1) is 0 Å². The second-order valence-electron chi connectivity index (χ2n) is 22.5. The number of carbonyl (C=O) groups excluding carboxylic acids is 2. The van der Waals surface area contributed by atoms with Crippen molar-refractivity contribution in [3.05, 3.63) is 24.3 Å². The second kappa shape index (κ2) is 61.9. The third kappa shape index (κ3) is 57.6. The van der Waals surface area contributed by atoms with E-state index < -0.39 is 12.1 Å². The Hall–Kier alpha value is -1.66. The van der Waals surface area contributed by atoms with E-state index in [1.165, 1.54) is 276 Å². The normalized spacial score (nSPS) is 12.7. The van der Waals surface area contributed by atoms with Gasteiger partial charge < -0.3 is 20.3 Å². The molecule has 2 unspecified atom stereocenters. The Balaban J connectivity index is 3.43. The molecule has 0 aliphatic carbocycles. The van der Waals surface area contributed by atoms with Gasteiger partial charge >= 0.3 is 5.97 Å². The molecule has 3 N–H and O–H groups in total. The van der Waals surface area contributed by atoms with Crippen LogP contribution in [0.15, 0.2) is 24.3 Å². The zero-order valence-electron chi connectivity index (χ0n) is 48.7. The molecule has 0 bridgehead atoms. The van der Waals surface area contributed by atoms with Gasteiger partial charge in [0.15, 0.2) is 0 Å². The Morgan fingerprint density at radius 2 is 0.694 bits per heavy atom. The summed E-state index contributed by atoms with van der Waals surface area (Å²) >= 11 is 0. The molecular weight excluding hydrogens is 887 g/mol. The first-order valence-corrected chi connectivity index (χ1v) is 32.6. The van der Waals surface area contributed by atoms with E-state index in [-0.39, 0.29) is 18.5 Å². The minimum atomic E-state index is -0.668. The summed E-state index contributed by atoms with van der Waals surface area (Å²) in [5.41, 5.74) is 0. The smallest absolute Gasteiger partial charge is 0.305 e. The maximum atomic E-state index is 12.5. The van der Waals surface area contributed by atoms with Crippen LogP contribution < -0.4 is 5.32 Å². The fourth-order valence-electron chi connectivity index (χ4n) is 10.3. The molecular formula is C66H127NO5. The van der Waals surface area contributed by atoms with Gasteiger partial charge in [0, 0.05) is 12.8 Å². The van der Waals surface area contributed by atoms with E-state index in [9.17, 15) is 19.8 Å². The van der Waals surface area contributed by atoms with E-state index in [4.69, 9.17) is 4.74 Å². The second-order valence-corrected chi connectivity index (χ2v) is 22.5. The SMILES string of the molecule is CCCCCCCCCCCCCCCCCCCCC(=O)OCC/C=C\C/C=C\CCCCCCCCCCCCCCCCC(=O)NC(CO)C(O)CCCCCCCCCCCCCCCCCC. The molecule has 0 rings (SSSR count). The Morgan fingerprint density at radius 1 is 0.389 bits per heavy atom. The first-order valence-electron chi connectivity index (χ1n) is 32.6. The number of esters is 1. The third-order valence-corrected chi connectivity index (χ3v) is 15.3. The molecule has 0 saturated carbocycles. The summed E-state index contributed by atoms with van der Waals surface area (Å²) in [5.74, 6) is -0.0673. The van der Waals surface area contributed by atoms with Gasteiger partial charge in [-0.05, 0) is 44.9 Å². The molecule has 72 heavy (non-hydrogen) atoms. The Labute approximate surface area is 450 Å². The van der Waals surface area contributed by atoms with E-state index in [1.54, 1.807) is 0 Å². The van der Waals surface area contributed by atoms with E-state index in [2.05, 4.69) is 43.5 Å². The van der Waals surface area contributed by atoms with Crippen LogP contribution in [0.3, 0.4) is 0 Å². The van der Waals surface area contributed by atoms with Gasteiger partial charge in [-0.3, -0.25) is 9.59 Å². The monoisotopic (exact) mass is 1010 g/mol. The summed E-state index contributed by atoms with van der Waals surface area (Å²) in [6.45, 7) is 4.88. The highest BCUT2D eigenvalue weighted by Gasteiger charge is 2.20. The molecule has 0 aromatic heterocycles. The number of hydrogen-bond donors (Lipinski definition) is 3. The number of hydrogen-bond acceptors (Lipinski definition) is 5. The number of rotatable bonds is 61. The Morgan fingerprint density at radius 3 is 1.06 bits per heavy atom. The summed E-state index contributed by atoms with van der Waals surface area (Å²) in [5, 5.41) is 23.3. The summed E-state index contributed by atoms with van der Waals surface area (Å²) < 4.78 is 5.44. The van der Waals surface area contributed by atoms with Crippen LogP contribution in [0.25, 0.3) is 0 Å². The lowest BCUT2D eigenvalue weighted by atomic mass is 10.0. The number of carbonyl (C=O) groups is 2. The van der Waals surface area contributed by atoms with Crippen molar-refractivity contribution >= 4 is 11.9 Å². The van der Waals surface area contributed by atoms with E-state index in [1.807, 2.05) is 0 Å². The Kier molecular flexibility index (Phi) is 60.5. The highest BCUT2D eigenvalue weighted by molar-refractivity contribution is 5.76. The summed E-state index contributed by atoms with van der Waals surface area (Å²) in [7, 11) is 0. The summed E-state index contributed by atoms with van der Waals surface area (Å²) in [6.07, 6.45) is 76.4. The molecule has 1 amide bonds. The highest BCUT2D eigenvalue weighted by atomic mass is 16.5. The maximum absolute atomic E-state index is 12.5. The predicted molar refractivity (Wildman–Crippen MR) is 315 cm³/mol. The molecule has 0 aromatic carbocycles. The molecule has 2 atom stereocenters. The summed E-state index contributed by atoms with van der Waals surface area (Å²) in [6, 6.07) is -0.545. The molecule has 426 valence electrons. The minimum absolute atomic E-state index is 0.0301. The lowest BCUT2D eigenvalue weighted by molar-refractivity contribution is -0.143. The van der Waals surface area contributed by atoms with Gasteiger partial charge in [0.25, 0.3) is 0 Å². The van der Waals surface area contributed by atoms with Crippen LogP contribution in [-0.2, 0) is 14.3 Å². The highest BCUT2D eigenvalue weighted by Crippen LogP contribution is 2.18. The number of allylic oxidation sites excluding steroid dienone is 3. The van der Waals surface area contributed by atoms with Crippen molar-refractivity contribution in [2.45, 2.75) is 373 Å². The van der Waals surface area contributed by atoms with Crippen LogP contribution in [-0.4, -0.2) is 47.4 Å².